The summed E-state index contributed by atoms with van der Waals surface area (Å²) in [6.07, 6.45) is 5.89. The first-order chi connectivity index (χ1) is 9.75. The molecule has 3 heteroatoms. The van der Waals surface area contributed by atoms with Crippen LogP contribution in [0.25, 0.3) is 0 Å². The van der Waals surface area contributed by atoms with E-state index in [9.17, 15) is 0 Å². The zero-order chi connectivity index (χ0) is 15.7. The number of hydrogen-bond donors (Lipinski definition) is 1. The molecular weight excluding hydrogens is 260 g/mol. The fourth-order valence-corrected chi connectivity index (χ4v) is 4.34. The zero-order valence-corrected chi connectivity index (χ0v) is 14.9. The topological polar surface area (TPSA) is 38.5 Å². The van der Waals surface area contributed by atoms with E-state index in [4.69, 9.17) is 10.5 Å². The third-order valence-electron chi connectivity index (χ3n) is 6.24. The molecule has 0 saturated carbocycles. The van der Waals surface area contributed by atoms with Crippen molar-refractivity contribution in [2.45, 2.75) is 77.9 Å². The van der Waals surface area contributed by atoms with Crippen LogP contribution in [-0.2, 0) is 4.74 Å². The highest BCUT2D eigenvalue weighted by atomic mass is 16.5. The molecule has 0 bridgehead atoms. The van der Waals surface area contributed by atoms with Crippen LogP contribution < -0.4 is 5.73 Å². The average Bonchev–Trinajstić information content (AvgIpc) is 2.46. The summed E-state index contributed by atoms with van der Waals surface area (Å²) in [6, 6.07) is 0. The molecule has 0 amide bonds. The maximum atomic E-state index is 6.27. The van der Waals surface area contributed by atoms with Gasteiger partial charge in [0.25, 0.3) is 0 Å². The van der Waals surface area contributed by atoms with Gasteiger partial charge in [-0.1, -0.05) is 27.7 Å². The Balaban J connectivity index is 2.05. The summed E-state index contributed by atoms with van der Waals surface area (Å²) < 4.78 is 6.06. The molecule has 0 spiro atoms. The molecule has 0 aromatic heterocycles. The number of rotatable bonds is 3. The minimum Gasteiger partial charge on any atom is -0.375 e. The Hall–Kier alpha value is -0.120. The molecule has 0 aromatic carbocycles. The molecule has 2 heterocycles. The number of nitrogens with zero attached hydrogens (tertiary/aromatic N) is 1. The lowest BCUT2D eigenvalue weighted by Crippen LogP contribution is -2.62. The van der Waals surface area contributed by atoms with E-state index in [1.165, 1.54) is 25.9 Å². The minimum atomic E-state index is 0.0124. The van der Waals surface area contributed by atoms with Gasteiger partial charge in [0.1, 0.15) is 0 Å². The van der Waals surface area contributed by atoms with Crippen molar-refractivity contribution in [2.75, 3.05) is 26.2 Å². The van der Waals surface area contributed by atoms with Crippen molar-refractivity contribution in [1.29, 1.82) is 0 Å². The summed E-state index contributed by atoms with van der Waals surface area (Å²) in [5, 5.41) is 0. The second kappa shape index (κ2) is 6.17. The summed E-state index contributed by atoms with van der Waals surface area (Å²) in [6.45, 7) is 15.7. The molecule has 2 aliphatic rings. The van der Waals surface area contributed by atoms with E-state index in [1.54, 1.807) is 0 Å². The Labute approximate surface area is 131 Å². The van der Waals surface area contributed by atoms with E-state index in [0.29, 0.717) is 5.41 Å². The molecule has 124 valence electrons. The van der Waals surface area contributed by atoms with Crippen LogP contribution in [-0.4, -0.2) is 42.3 Å². The second-order valence-electron chi connectivity index (χ2n) is 8.63. The smallest absolute Gasteiger partial charge is 0.0670 e. The highest BCUT2D eigenvalue weighted by Gasteiger charge is 2.46. The first kappa shape index (κ1) is 17.2. The highest BCUT2D eigenvalue weighted by molar-refractivity contribution is 5.01. The van der Waals surface area contributed by atoms with Crippen molar-refractivity contribution < 1.29 is 4.74 Å². The Morgan fingerprint density at radius 2 is 1.86 bits per heavy atom. The Morgan fingerprint density at radius 1 is 1.24 bits per heavy atom. The Morgan fingerprint density at radius 3 is 2.33 bits per heavy atom. The van der Waals surface area contributed by atoms with Gasteiger partial charge in [-0.3, -0.25) is 4.90 Å². The van der Waals surface area contributed by atoms with Gasteiger partial charge in [0.15, 0.2) is 0 Å². The van der Waals surface area contributed by atoms with Crippen LogP contribution in [0.15, 0.2) is 0 Å². The van der Waals surface area contributed by atoms with E-state index in [0.717, 1.165) is 38.3 Å². The predicted molar refractivity (Wildman–Crippen MR) is 89.4 cm³/mol. The van der Waals surface area contributed by atoms with Gasteiger partial charge in [-0.15, -0.1) is 0 Å². The van der Waals surface area contributed by atoms with Crippen molar-refractivity contribution in [3.8, 4) is 0 Å². The summed E-state index contributed by atoms with van der Waals surface area (Å²) >= 11 is 0. The second-order valence-corrected chi connectivity index (χ2v) is 8.63. The number of nitrogens with two attached hydrogens (primary N) is 1. The molecular formula is C18H36N2O. The van der Waals surface area contributed by atoms with Crippen molar-refractivity contribution in [3.05, 3.63) is 0 Å². The van der Waals surface area contributed by atoms with Crippen LogP contribution in [0.3, 0.4) is 0 Å². The summed E-state index contributed by atoms with van der Waals surface area (Å²) in [7, 11) is 0. The maximum absolute atomic E-state index is 6.27. The van der Waals surface area contributed by atoms with Crippen LogP contribution >= 0.6 is 0 Å². The molecule has 3 nitrogen and oxygen atoms in total. The first-order valence-electron chi connectivity index (χ1n) is 8.84. The standard InChI is InChI=1S/C18H36N2O/c1-6-17(5)13-18(14-19,9-12-21-17)20-10-7-15(8-11-20)16(2,3)4/h15H,6-14,19H2,1-5H3. The van der Waals surface area contributed by atoms with Crippen molar-refractivity contribution >= 4 is 0 Å². The zero-order valence-electron chi connectivity index (χ0n) is 14.9. The largest absolute Gasteiger partial charge is 0.375 e. The fraction of sp³-hybridized carbons (Fsp3) is 1.00. The van der Waals surface area contributed by atoms with Crippen LogP contribution in [0.2, 0.25) is 0 Å². The quantitative estimate of drug-likeness (QED) is 0.867. The van der Waals surface area contributed by atoms with Crippen molar-refractivity contribution in [3.63, 3.8) is 0 Å². The molecule has 2 N–H and O–H groups in total. The van der Waals surface area contributed by atoms with E-state index >= 15 is 0 Å². The molecule has 2 saturated heterocycles. The Bertz CT molecular complexity index is 344. The van der Waals surface area contributed by atoms with E-state index < -0.39 is 0 Å². The van der Waals surface area contributed by atoms with E-state index in [-0.39, 0.29) is 11.1 Å². The first-order valence-corrected chi connectivity index (χ1v) is 8.84. The number of hydrogen-bond acceptors (Lipinski definition) is 3. The van der Waals surface area contributed by atoms with Gasteiger partial charge in [-0.05, 0) is 63.5 Å². The number of ether oxygens (including phenoxy) is 1. The van der Waals surface area contributed by atoms with Crippen LogP contribution in [0.1, 0.15) is 66.7 Å². The van der Waals surface area contributed by atoms with Gasteiger partial charge < -0.3 is 10.5 Å². The summed E-state index contributed by atoms with van der Waals surface area (Å²) in [4.78, 5) is 2.70. The summed E-state index contributed by atoms with van der Waals surface area (Å²) in [5.74, 6) is 0.848. The molecule has 2 unspecified atom stereocenters. The normalized spacial score (nSPS) is 36.9. The lowest BCUT2D eigenvalue weighted by molar-refractivity contribution is -0.135. The maximum Gasteiger partial charge on any atom is 0.0670 e. The molecule has 2 fully saturated rings. The monoisotopic (exact) mass is 296 g/mol. The molecule has 0 radical (unpaired) electrons. The van der Waals surface area contributed by atoms with Crippen LogP contribution in [0.5, 0.6) is 0 Å². The third kappa shape index (κ3) is 3.62. The predicted octanol–water partition coefficient (Wildman–Crippen LogP) is 3.42. The van der Waals surface area contributed by atoms with Crippen LogP contribution in [0, 0.1) is 11.3 Å². The fourth-order valence-electron chi connectivity index (χ4n) is 4.34. The van der Waals surface area contributed by atoms with Gasteiger partial charge in [0, 0.05) is 18.7 Å². The average molecular weight is 296 g/mol. The molecule has 2 atom stereocenters. The lowest BCUT2D eigenvalue weighted by atomic mass is 9.72. The molecule has 2 rings (SSSR count). The van der Waals surface area contributed by atoms with Gasteiger partial charge in [0.2, 0.25) is 0 Å². The van der Waals surface area contributed by atoms with E-state index in [1.807, 2.05) is 0 Å². The van der Waals surface area contributed by atoms with Crippen molar-refractivity contribution in [2.24, 2.45) is 17.1 Å². The van der Waals surface area contributed by atoms with Crippen molar-refractivity contribution in [1.82, 2.24) is 4.90 Å². The number of piperidine rings is 1. The van der Waals surface area contributed by atoms with Gasteiger partial charge >= 0.3 is 0 Å². The number of likely N-dealkylation sites (tertiary alicyclic amines) is 1. The molecule has 0 aromatic rings. The van der Waals surface area contributed by atoms with E-state index in [2.05, 4.69) is 39.5 Å². The van der Waals surface area contributed by atoms with Gasteiger partial charge in [-0.2, -0.15) is 0 Å². The van der Waals surface area contributed by atoms with Gasteiger partial charge in [0.05, 0.1) is 5.60 Å². The third-order valence-corrected chi connectivity index (χ3v) is 6.24. The minimum absolute atomic E-state index is 0.0124. The summed E-state index contributed by atoms with van der Waals surface area (Å²) in [5.41, 5.74) is 6.89. The van der Waals surface area contributed by atoms with Gasteiger partial charge in [-0.25, -0.2) is 0 Å². The van der Waals surface area contributed by atoms with Crippen LogP contribution in [0.4, 0.5) is 0 Å². The SMILES string of the molecule is CCC1(C)CC(CN)(N2CCC(C(C)(C)C)CC2)CCO1. The molecule has 0 aliphatic carbocycles. The molecule has 21 heavy (non-hydrogen) atoms. The Kier molecular flexibility index (Phi) is 5.07. The lowest BCUT2D eigenvalue weighted by Gasteiger charge is -2.54. The molecule has 2 aliphatic heterocycles. The highest BCUT2D eigenvalue weighted by Crippen LogP contribution is 2.41.